The molecule has 1 aliphatic heterocycles. The number of esters is 1. The molecule has 2 unspecified atom stereocenters. The highest BCUT2D eigenvalue weighted by Gasteiger charge is 2.18. The summed E-state index contributed by atoms with van der Waals surface area (Å²) >= 11 is 5.81. The smallest absolute Gasteiger partial charge is 0.324 e. The largest absolute Gasteiger partial charge is 0.462 e. The minimum Gasteiger partial charge on any atom is -0.462 e. The number of alkyl halides is 1. The van der Waals surface area contributed by atoms with Crippen LogP contribution in [-0.4, -0.2) is 17.5 Å². The van der Waals surface area contributed by atoms with Crippen LogP contribution in [0.2, 0.25) is 0 Å². The Labute approximate surface area is 83.9 Å². The quantitative estimate of drug-likeness (QED) is 0.343. The molecule has 1 heterocycles. The number of hydrogen-bond donors (Lipinski definition) is 0. The van der Waals surface area contributed by atoms with Crippen molar-refractivity contribution in [3.63, 3.8) is 0 Å². The molecule has 2 atom stereocenters. The van der Waals surface area contributed by atoms with Gasteiger partial charge in [-0.2, -0.15) is 0 Å². The Morgan fingerprint density at radius 2 is 2.31 bits per heavy atom. The van der Waals surface area contributed by atoms with Crippen LogP contribution in [0.5, 0.6) is 0 Å². The summed E-state index contributed by atoms with van der Waals surface area (Å²) in [5, 5.41) is -0.517. The normalized spacial score (nSPS) is 33.5. The predicted octanol–water partition coefficient (Wildman–Crippen LogP) is 2.66. The van der Waals surface area contributed by atoms with Crippen LogP contribution < -0.4 is 0 Å². The number of carbonyl (C=O) groups excluding carboxylic acids is 1. The molecule has 0 aliphatic carbocycles. The van der Waals surface area contributed by atoms with E-state index in [0.29, 0.717) is 6.42 Å². The summed E-state index contributed by atoms with van der Waals surface area (Å²) in [6.07, 6.45) is 7.64. The van der Waals surface area contributed by atoms with Gasteiger partial charge in [0.1, 0.15) is 5.38 Å². The molecule has 2 nitrogen and oxygen atoms in total. The molecular weight excluding hydrogens is 188 g/mol. The fourth-order valence-electron chi connectivity index (χ4n) is 1.28. The summed E-state index contributed by atoms with van der Waals surface area (Å²) in [5.74, 6) is -0.291. The van der Waals surface area contributed by atoms with Crippen LogP contribution in [0.25, 0.3) is 0 Å². The third-order valence-electron chi connectivity index (χ3n) is 2.06. The fourth-order valence-corrected chi connectivity index (χ4v) is 1.44. The van der Waals surface area contributed by atoms with Crippen LogP contribution in [0.15, 0.2) is 12.2 Å². The maximum atomic E-state index is 11.3. The number of rotatable bonds is 0. The lowest BCUT2D eigenvalue weighted by Crippen LogP contribution is -2.23. The van der Waals surface area contributed by atoms with Crippen LogP contribution in [0, 0.1) is 0 Å². The van der Waals surface area contributed by atoms with E-state index in [1.807, 2.05) is 13.0 Å². The topological polar surface area (TPSA) is 26.3 Å². The van der Waals surface area contributed by atoms with Crippen molar-refractivity contribution < 1.29 is 9.53 Å². The summed E-state index contributed by atoms with van der Waals surface area (Å²) < 4.78 is 5.13. The molecule has 0 saturated carbocycles. The van der Waals surface area contributed by atoms with Crippen LogP contribution in [0.1, 0.15) is 32.6 Å². The molecule has 1 aliphatic rings. The van der Waals surface area contributed by atoms with Crippen molar-refractivity contribution in [1.29, 1.82) is 0 Å². The van der Waals surface area contributed by atoms with Crippen molar-refractivity contribution in [3.05, 3.63) is 12.2 Å². The van der Waals surface area contributed by atoms with Crippen molar-refractivity contribution in [2.24, 2.45) is 0 Å². The molecule has 0 fully saturated rings. The monoisotopic (exact) mass is 202 g/mol. The standard InChI is InChI=1S/C10H15ClO2/c1-8-6-4-2-3-5-7-9(11)10(12)13-8/h3,5,8-9H,2,4,6-7H2,1H3/b5-3+. The van der Waals surface area contributed by atoms with E-state index in [9.17, 15) is 4.79 Å². The van der Waals surface area contributed by atoms with Crippen LogP contribution in [0.3, 0.4) is 0 Å². The summed E-state index contributed by atoms with van der Waals surface area (Å²) in [5.41, 5.74) is 0. The Morgan fingerprint density at radius 1 is 1.54 bits per heavy atom. The van der Waals surface area contributed by atoms with Gasteiger partial charge in [0.15, 0.2) is 0 Å². The lowest BCUT2D eigenvalue weighted by Gasteiger charge is -2.15. The number of halogens is 1. The van der Waals surface area contributed by atoms with Crippen LogP contribution in [0.4, 0.5) is 0 Å². The number of hydrogen-bond acceptors (Lipinski definition) is 2. The molecule has 0 bridgehead atoms. The van der Waals surface area contributed by atoms with E-state index in [-0.39, 0.29) is 12.1 Å². The first-order valence-corrected chi connectivity index (χ1v) is 5.13. The summed E-state index contributed by atoms with van der Waals surface area (Å²) in [6.45, 7) is 1.91. The van der Waals surface area contributed by atoms with E-state index in [1.54, 1.807) is 0 Å². The molecule has 0 aromatic rings. The van der Waals surface area contributed by atoms with Crippen molar-refractivity contribution in [2.75, 3.05) is 0 Å². The first kappa shape index (κ1) is 10.6. The van der Waals surface area contributed by atoms with Crippen LogP contribution >= 0.6 is 11.6 Å². The van der Waals surface area contributed by atoms with Gasteiger partial charge in [-0.05, 0) is 32.6 Å². The molecular formula is C10H15ClO2. The van der Waals surface area contributed by atoms with Gasteiger partial charge >= 0.3 is 5.97 Å². The highest BCUT2D eigenvalue weighted by Crippen LogP contribution is 2.13. The minimum absolute atomic E-state index is 0.000231. The van der Waals surface area contributed by atoms with Crippen LogP contribution in [-0.2, 0) is 9.53 Å². The van der Waals surface area contributed by atoms with Gasteiger partial charge in [0.05, 0.1) is 6.10 Å². The van der Waals surface area contributed by atoms with Crippen molar-refractivity contribution >= 4 is 17.6 Å². The Morgan fingerprint density at radius 3 is 3.08 bits per heavy atom. The zero-order valence-corrected chi connectivity index (χ0v) is 8.59. The molecule has 0 spiro atoms. The van der Waals surface area contributed by atoms with E-state index in [4.69, 9.17) is 16.3 Å². The second kappa shape index (κ2) is 5.28. The molecule has 0 radical (unpaired) electrons. The van der Waals surface area contributed by atoms with Gasteiger partial charge in [-0.1, -0.05) is 12.2 Å². The van der Waals surface area contributed by atoms with E-state index in [0.717, 1.165) is 19.3 Å². The third-order valence-corrected chi connectivity index (χ3v) is 2.42. The molecule has 0 amide bonds. The van der Waals surface area contributed by atoms with Gasteiger partial charge in [-0.25, -0.2) is 0 Å². The average Bonchev–Trinajstić information content (AvgIpc) is 2.09. The number of ether oxygens (including phenoxy) is 1. The van der Waals surface area contributed by atoms with E-state index >= 15 is 0 Å². The second-order valence-corrected chi connectivity index (χ2v) is 3.88. The van der Waals surface area contributed by atoms with Crippen molar-refractivity contribution in [2.45, 2.75) is 44.1 Å². The predicted molar refractivity (Wildman–Crippen MR) is 52.8 cm³/mol. The molecule has 0 N–H and O–H groups in total. The van der Waals surface area contributed by atoms with Gasteiger partial charge in [-0.3, -0.25) is 4.79 Å². The second-order valence-electron chi connectivity index (χ2n) is 3.35. The van der Waals surface area contributed by atoms with Gasteiger partial charge in [0.2, 0.25) is 0 Å². The lowest BCUT2D eigenvalue weighted by atomic mass is 10.1. The Kier molecular flexibility index (Phi) is 4.29. The molecule has 13 heavy (non-hydrogen) atoms. The molecule has 0 aromatic carbocycles. The van der Waals surface area contributed by atoms with Crippen molar-refractivity contribution in [1.82, 2.24) is 0 Å². The lowest BCUT2D eigenvalue weighted by molar-refractivity contribution is -0.148. The first-order valence-electron chi connectivity index (χ1n) is 4.69. The Balaban J connectivity index is 2.53. The van der Waals surface area contributed by atoms with Crippen molar-refractivity contribution in [3.8, 4) is 0 Å². The van der Waals surface area contributed by atoms with Gasteiger partial charge in [0.25, 0.3) is 0 Å². The highest BCUT2D eigenvalue weighted by molar-refractivity contribution is 6.30. The number of cyclic esters (lactones) is 1. The van der Waals surface area contributed by atoms with E-state index < -0.39 is 5.38 Å². The van der Waals surface area contributed by atoms with Gasteiger partial charge < -0.3 is 4.74 Å². The Hall–Kier alpha value is -0.500. The third kappa shape index (κ3) is 3.81. The molecule has 1 rings (SSSR count). The summed E-state index contributed by atoms with van der Waals surface area (Å²) in [6, 6.07) is 0. The molecule has 0 saturated heterocycles. The molecule has 0 aromatic heterocycles. The summed E-state index contributed by atoms with van der Waals surface area (Å²) in [4.78, 5) is 11.3. The molecule has 3 heteroatoms. The summed E-state index contributed by atoms with van der Waals surface area (Å²) in [7, 11) is 0. The molecule has 74 valence electrons. The zero-order valence-electron chi connectivity index (χ0n) is 7.83. The first-order chi connectivity index (χ1) is 6.20. The SMILES string of the molecule is CC1CCC/C=C/CC(Cl)C(=O)O1. The Bertz CT molecular complexity index is 201. The van der Waals surface area contributed by atoms with E-state index in [1.165, 1.54) is 0 Å². The maximum Gasteiger partial charge on any atom is 0.324 e. The van der Waals surface area contributed by atoms with E-state index in [2.05, 4.69) is 6.08 Å². The fraction of sp³-hybridized carbons (Fsp3) is 0.700. The van der Waals surface area contributed by atoms with Gasteiger partial charge in [0, 0.05) is 0 Å². The van der Waals surface area contributed by atoms with Gasteiger partial charge in [-0.15, -0.1) is 11.6 Å². The average molecular weight is 203 g/mol. The maximum absolute atomic E-state index is 11.3. The number of allylic oxidation sites excluding steroid dienone is 2. The minimum atomic E-state index is -0.517. The highest BCUT2D eigenvalue weighted by atomic mass is 35.5. The zero-order chi connectivity index (χ0) is 9.68. The number of carbonyl (C=O) groups is 1.